The van der Waals surface area contributed by atoms with Crippen molar-refractivity contribution in [3.8, 4) is 0 Å². The molecule has 4 rings (SSSR count). The van der Waals surface area contributed by atoms with Crippen molar-refractivity contribution < 1.29 is 9.90 Å². The predicted octanol–water partition coefficient (Wildman–Crippen LogP) is 7.22. The second-order valence-corrected chi connectivity index (χ2v) is 14.5. The number of allylic oxidation sites excluding steroid dienone is 1. The van der Waals surface area contributed by atoms with Crippen molar-refractivity contribution in [3.63, 3.8) is 0 Å². The third-order valence-corrected chi connectivity index (χ3v) is 12.4. The normalized spacial score (nSPS) is 38.1. The van der Waals surface area contributed by atoms with Crippen molar-refractivity contribution in [2.24, 2.45) is 46.3 Å². The van der Waals surface area contributed by atoms with Gasteiger partial charge in [-0.05, 0) is 111 Å². The number of fused-ring (bicyclic) bond motifs is 5. The molecule has 4 heteroatoms. The van der Waals surface area contributed by atoms with Crippen molar-refractivity contribution in [2.75, 3.05) is 26.2 Å². The average molecular weight is 529 g/mol. The van der Waals surface area contributed by atoms with E-state index in [1.165, 1.54) is 57.8 Å². The van der Waals surface area contributed by atoms with Gasteiger partial charge in [0.15, 0.2) is 0 Å². The van der Waals surface area contributed by atoms with Gasteiger partial charge in [0.05, 0.1) is 6.10 Å². The van der Waals surface area contributed by atoms with Gasteiger partial charge in [0, 0.05) is 19.5 Å². The number of aliphatic hydroxyl groups is 1. The molecule has 0 aromatic rings. The van der Waals surface area contributed by atoms with E-state index in [0.717, 1.165) is 68.6 Å². The summed E-state index contributed by atoms with van der Waals surface area (Å²) in [7, 11) is 0. The summed E-state index contributed by atoms with van der Waals surface area (Å²) in [6.45, 7) is 18.2. The summed E-state index contributed by atoms with van der Waals surface area (Å²) >= 11 is 0. The number of hydrogen-bond donors (Lipinski definition) is 2. The molecular formula is C34H60N2O2. The van der Waals surface area contributed by atoms with Crippen LogP contribution in [0.4, 0.5) is 0 Å². The molecule has 0 radical (unpaired) electrons. The monoisotopic (exact) mass is 528 g/mol. The summed E-state index contributed by atoms with van der Waals surface area (Å²) in [6.07, 6.45) is 16.9. The largest absolute Gasteiger partial charge is 0.393 e. The molecule has 4 nitrogen and oxygen atoms in total. The predicted molar refractivity (Wildman–Crippen MR) is 159 cm³/mol. The zero-order chi connectivity index (χ0) is 27.5. The van der Waals surface area contributed by atoms with E-state index in [4.69, 9.17) is 0 Å². The van der Waals surface area contributed by atoms with Gasteiger partial charge in [-0.15, -0.1) is 0 Å². The maximum Gasteiger partial charge on any atom is 0.220 e. The highest BCUT2D eigenvalue weighted by Gasteiger charge is 2.59. The third-order valence-electron chi connectivity index (χ3n) is 12.4. The van der Waals surface area contributed by atoms with Gasteiger partial charge >= 0.3 is 0 Å². The third kappa shape index (κ3) is 6.22. The maximum atomic E-state index is 12.4. The first-order valence-electron chi connectivity index (χ1n) is 16.5. The van der Waals surface area contributed by atoms with Crippen molar-refractivity contribution in [1.82, 2.24) is 10.2 Å². The second-order valence-electron chi connectivity index (χ2n) is 14.5. The van der Waals surface area contributed by atoms with E-state index in [-0.39, 0.29) is 12.0 Å². The molecule has 9 atom stereocenters. The Morgan fingerprint density at radius 2 is 1.84 bits per heavy atom. The van der Waals surface area contributed by atoms with Crippen LogP contribution in [0, 0.1) is 46.3 Å². The van der Waals surface area contributed by atoms with Gasteiger partial charge in [0.25, 0.3) is 0 Å². The number of carbonyl (C=O) groups is 1. The summed E-state index contributed by atoms with van der Waals surface area (Å²) in [5, 5.41) is 13.4. The van der Waals surface area contributed by atoms with Crippen LogP contribution in [0.25, 0.3) is 0 Å². The summed E-state index contributed by atoms with van der Waals surface area (Å²) in [5.74, 6) is 4.91. The summed E-state index contributed by atoms with van der Waals surface area (Å²) in [4.78, 5) is 14.8. The number of amides is 1. The molecule has 0 heterocycles. The van der Waals surface area contributed by atoms with Gasteiger partial charge in [-0.2, -0.15) is 0 Å². The number of nitrogens with zero attached hydrogens (tertiary/aromatic N) is 1. The first-order valence-corrected chi connectivity index (χ1v) is 16.5. The summed E-state index contributed by atoms with van der Waals surface area (Å²) < 4.78 is 0. The maximum absolute atomic E-state index is 12.4. The van der Waals surface area contributed by atoms with Crippen LogP contribution in [-0.4, -0.2) is 48.2 Å². The molecule has 0 aromatic heterocycles. The van der Waals surface area contributed by atoms with Crippen molar-refractivity contribution in [1.29, 1.82) is 0 Å². The molecule has 218 valence electrons. The smallest absolute Gasteiger partial charge is 0.220 e. The highest BCUT2D eigenvalue weighted by Crippen LogP contribution is 2.67. The van der Waals surface area contributed by atoms with Gasteiger partial charge in [-0.1, -0.05) is 72.5 Å². The lowest BCUT2D eigenvalue weighted by atomic mass is 9.47. The Kier molecular flexibility index (Phi) is 10.1. The summed E-state index contributed by atoms with van der Waals surface area (Å²) in [6, 6.07) is 0. The van der Waals surface area contributed by atoms with Crippen LogP contribution >= 0.6 is 0 Å². The Bertz CT molecular complexity index is 821. The molecule has 4 aliphatic rings. The molecule has 4 aliphatic carbocycles. The van der Waals surface area contributed by atoms with Gasteiger partial charge < -0.3 is 15.3 Å². The minimum Gasteiger partial charge on any atom is -0.393 e. The number of hydrogen-bond acceptors (Lipinski definition) is 3. The Labute approximate surface area is 234 Å². The number of likely N-dealkylation sites (N-methyl/N-ethyl adjacent to an activating group) is 1. The average Bonchev–Trinajstić information content (AvgIpc) is 3.24. The van der Waals surface area contributed by atoms with Crippen LogP contribution in [0.1, 0.15) is 119 Å². The molecule has 38 heavy (non-hydrogen) atoms. The molecule has 1 unspecified atom stereocenters. The van der Waals surface area contributed by atoms with E-state index in [9.17, 15) is 9.90 Å². The van der Waals surface area contributed by atoms with Crippen LogP contribution in [0.5, 0.6) is 0 Å². The zero-order valence-corrected chi connectivity index (χ0v) is 25.7. The van der Waals surface area contributed by atoms with E-state index in [2.05, 4.69) is 57.8 Å². The minimum absolute atomic E-state index is 0.105. The lowest BCUT2D eigenvalue weighted by molar-refractivity contribution is -0.122. The van der Waals surface area contributed by atoms with Crippen LogP contribution in [-0.2, 0) is 4.79 Å². The van der Waals surface area contributed by atoms with Crippen LogP contribution < -0.4 is 5.32 Å². The second kappa shape index (κ2) is 12.8. The van der Waals surface area contributed by atoms with E-state index < -0.39 is 0 Å². The molecule has 0 spiro atoms. The fraction of sp³-hybridized carbons (Fsp3) is 0.912. The van der Waals surface area contributed by atoms with Crippen molar-refractivity contribution >= 4 is 5.91 Å². The van der Waals surface area contributed by atoms with Gasteiger partial charge in [0.1, 0.15) is 0 Å². The lowest BCUT2D eigenvalue weighted by Crippen LogP contribution is -2.50. The van der Waals surface area contributed by atoms with Gasteiger partial charge in [0.2, 0.25) is 5.91 Å². The first kappa shape index (κ1) is 30.1. The fourth-order valence-corrected chi connectivity index (χ4v) is 9.99. The first-order chi connectivity index (χ1) is 18.1. The molecule has 0 aromatic carbocycles. The van der Waals surface area contributed by atoms with E-state index in [0.29, 0.717) is 23.2 Å². The van der Waals surface area contributed by atoms with Gasteiger partial charge in [-0.3, -0.25) is 4.79 Å². The molecule has 2 N–H and O–H groups in total. The SMILES string of the molecule is CCN(CC)CCNC(=O)CC(C)CCC[C@@H](C)[C@H]1CC[C@H]2[C@@H]3CC=C4C[C@@H](O)CC[C@]4(C)[C@H]3CC[C@]12C. The molecule has 0 bridgehead atoms. The van der Waals surface area contributed by atoms with E-state index in [1.807, 2.05) is 0 Å². The number of aliphatic hydroxyl groups excluding tert-OH is 1. The molecular weight excluding hydrogens is 468 g/mol. The van der Waals surface area contributed by atoms with Crippen molar-refractivity contribution in [3.05, 3.63) is 11.6 Å². The highest BCUT2D eigenvalue weighted by molar-refractivity contribution is 5.76. The summed E-state index contributed by atoms with van der Waals surface area (Å²) in [5.41, 5.74) is 2.45. The quantitative estimate of drug-likeness (QED) is 0.263. The Morgan fingerprint density at radius 1 is 1.08 bits per heavy atom. The number of carbonyl (C=O) groups excluding carboxylic acids is 1. The van der Waals surface area contributed by atoms with Gasteiger partial charge in [-0.25, -0.2) is 0 Å². The van der Waals surface area contributed by atoms with Crippen LogP contribution in [0.2, 0.25) is 0 Å². The topological polar surface area (TPSA) is 52.6 Å². The number of rotatable bonds is 12. The molecule has 0 saturated heterocycles. The molecule has 3 saturated carbocycles. The molecule has 3 fully saturated rings. The molecule has 1 amide bonds. The Hall–Kier alpha value is -0.870. The molecule has 0 aliphatic heterocycles. The van der Waals surface area contributed by atoms with Crippen LogP contribution in [0.3, 0.4) is 0 Å². The highest BCUT2D eigenvalue weighted by atomic mass is 16.3. The van der Waals surface area contributed by atoms with E-state index in [1.54, 1.807) is 5.57 Å². The minimum atomic E-state index is -0.105. The Balaban J connectivity index is 1.24. The fourth-order valence-electron chi connectivity index (χ4n) is 9.99. The zero-order valence-electron chi connectivity index (χ0n) is 25.7. The van der Waals surface area contributed by atoms with Crippen molar-refractivity contribution in [2.45, 2.75) is 125 Å². The number of nitrogens with one attached hydrogen (secondary N) is 1. The van der Waals surface area contributed by atoms with E-state index >= 15 is 0 Å². The van der Waals surface area contributed by atoms with Crippen LogP contribution in [0.15, 0.2) is 11.6 Å². The lowest BCUT2D eigenvalue weighted by Gasteiger charge is -2.58. The Morgan fingerprint density at radius 3 is 2.58 bits per heavy atom. The standard InChI is InChI=1S/C34H60N2O2/c1-7-36(8-2)21-20-35-32(38)22-24(3)10-9-11-25(4)29-14-15-30-28-13-12-26-23-27(37)16-18-33(26,5)31(28)17-19-34(29,30)6/h12,24-25,27-31,37H,7-11,13-23H2,1-6H3,(H,35,38)/t24?,25-,27+,28+,29-,30+,31+,33+,34-/m1/s1.